The van der Waals surface area contributed by atoms with E-state index in [2.05, 4.69) is 22.8 Å². The van der Waals surface area contributed by atoms with Crippen LogP contribution in [0.4, 0.5) is 5.69 Å². The van der Waals surface area contributed by atoms with Crippen LogP contribution >= 0.6 is 0 Å². The fraction of sp³-hybridized carbons (Fsp3) is 0.364. The smallest absolute Gasteiger partial charge is 0.330 e. The predicted octanol–water partition coefficient (Wildman–Crippen LogP) is 3.10. The molecule has 2 aliphatic rings. The first-order chi connectivity index (χ1) is 13.1. The SMILES string of the molecule is O=C(CCCC1CNc2ccccc21)NC1(C(=O)O)Cc2ccccc2C1. The highest BCUT2D eigenvalue weighted by atomic mass is 16.4. The highest BCUT2D eigenvalue weighted by Crippen LogP contribution is 2.34. The van der Waals surface area contributed by atoms with Crippen molar-refractivity contribution in [2.45, 2.75) is 43.6 Å². The predicted molar refractivity (Wildman–Crippen MR) is 104 cm³/mol. The summed E-state index contributed by atoms with van der Waals surface area (Å²) in [4.78, 5) is 24.4. The Bertz CT molecular complexity index is 852. The number of aliphatic carboxylic acids is 1. The number of anilines is 1. The maximum atomic E-state index is 12.5. The molecule has 0 fully saturated rings. The third-order valence-corrected chi connectivity index (χ3v) is 5.79. The van der Waals surface area contributed by atoms with Crippen molar-refractivity contribution in [3.8, 4) is 0 Å². The Balaban J connectivity index is 1.33. The zero-order chi connectivity index (χ0) is 18.9. The monoisotopic (exact) mass is 364 g/mol. The van der Waals surface area contributed by atoms with Crippen LogP contribution in [0.3, 0.4) is 0 Å². The molecular weight excluding hydrogens is 340 g/mol. The molecule has 0 bridgehead atoms. The first-order valence-corrected chi connectivity index (χ1v) is 9.51. The van der Waals surface area contributed by atoms with Gasteiger partial charge in [0.15, 0.2) is 0 Å². The number of carbonyl (C=O) groups excluding carboxylic acids is 1. The zero-order valence-electron chi connectivity index (χ0n) is 15.2. The fourth-order valence-corrected chi connectivity index (χ4v) is 4.36. The van der Waals surface area contributed by atoms with Crippen molar-refractivity contribution in [1.29, 1.82) is 0 Å². The van der Waals surface area contributed by atoms with E-state index in [4.69, 9.17) is 0 Å². The number of nitrogens with one attached hydrogen (secondary N) is 2. The van der Waals surface area contributed by atoms with Crippen LogP contribution in [0, 0.1) is 0 Å². The Kier molecular flexibility index (Phi) is 4.60. The van der Waals surface area contributed by atoms with Gasteiger partial charge in [-0.05, 0) is 35.6 Å². The molecule has 3 N–H and O–H groups in total. The lowest BCUT2D eigenvalue weighted by Gasteiger charge is -2.25. The number of hydrogen-bond acceptors (Lipinski definition) is 3. The number of amides is 1. The highest BCUT2D eigenvalue weighted by Gasteiger charge is 2.45. The topological polar surface area (TPSA) is 78.4 Å². The van der Waals surface area contributed by atoms with Gasteiger partial charge in [-0.1, -0.05) is 42.5 Å². The number of rotatable bonds is 6. The normalized spacial score (nSPS) is 19.0. The summed E-state index contributed by atoms with van der Waals surface area (Å²) < 4.78 is 0. The van der Waals surface area contributed by atoms with Gasteiger partial charge in [0.1, 0.15) is 5.54 Å². The second-order valence-corrected chi connectivity index (χ2v) is 7.62. The maximum Gasteiger partial charge on any atom is 0.330 e. The molecule has 1 heterocycles. The molecule has 4 rings (SSSR count). The first kappa shape index (κ1) is 17.6. The lowest BCUT2D eigenvalue weighted by atomic mass is 9.94. The molecule has 1 atom stereocenters. The van der Waals surface area contributed by atoms with E-state index in [1.165, 1.54) is 11.3 Å². The van der Waals surface area contributed by atoms with Crippen molar-refractivity contribution in [3.05, 3.63) is 65.2 Å². The van der Waals surface area contributed by atoms with Crippen molar-refractivity contribution in [2.75, 3.05) is 11.9 Å². The lowest BCUT2D eigenvalue weighted by molar-refractivity contribution is -0.147. The summed E-state index contributed by atoms with van der Waals surface area (Å²) >= 11 is 0. The fourth-order valence-electron chi connectivity index (χ4n) is 4.36. The summed E-state index contributed by atoms with van der Waals surface area (Å²) in [6, 6.07) is 16.0. The van der Waals surface area contributed by atoms with Crippen LogP contribution in [0.15, 0.2) is 48.5 Å². The average molecular weight is 364 g/mol. The molecule has 1 aliphatic heterocycles. The van der Waals surface area contributed by atoms with Gasteiger partial charge in [0.25, 0.3) is 0 Å². The third kappa shape index (κ3) is 3.42. The molecule has 27 heavy (non-hydrogen) atoms. The van der Waals surface area contributed by atoms with E-state index in [0.29, 0.717) is 25.2 Å². The van der Waals surface area contributed by atoms with Crippen LogP contribution in [-0.2, 0) is 22.4 Å². The number of para-hydroxylation sites is 1. The zero-order valence-corrected chi connectivity index (χ0v) is 15.2. The molecule has 5 nitrogen and oxygen atoms in total. The van der Waals surface area contributed by atoms with Crippen LogP contribution in [0.5, 0.6) is 0 Å². The minimum Gasteiger partial charge on any atom is -0.479 e. The minimum atomic E-state index is -1.21. The summed E-state index contributed by atoms with van der Waals surface area (Å²) in [5, 5.41) is 16.0. The number of carbonyl (C=O) groups is 2. The molecule has 0 aromatic heterocycles. The minimum absolute atomic E-state index is 0.176. The van der Waals surface area contributed by atoms with Crippen molar-refractivity contribution < 1.29 is 14.7 Å². The van der Waals surface area contributed by atoms with Gasteiger partial charge in [-0.2, -0.15) is 0 Å². The van der Waals surface area contributed by atoms with Gasteiger partial charge in [0.2, 0.25) is 5.91 Å². The van der Waals surface area contributed by atoms with E-state index in [1.807, 2.05) is 36.4 Å². The van der Waals surface area contributed by atoms with Gasteiger partial charge < -0.3 is 15.7 Å². The molecular formula is C22H24N2O3. The van der Waals surface area contributed by atoms with Crippen molar-refractivity contribution in [3.63, 3.8) is 0 Å². The van der Waals surface area contributed by atoms with Crippen LogP contribution < -0.4 is 10.6 Å². The van der Waals surface area contributed by atoms with E-state index < -0.39 is 11.5 Å². The summed E-state index contributed by atoms with van der Waals surface area (Å²) in [6.07, 6.45) is 2.71. The van der Waals surface area contributed by atoms with E-state index >= 15 is 0 Å². The Labute approximate surface area is 158 Å². The molecule has 1 unspecified atom stereocenters. The molecule has 140 valence electrons. The van der Waals surface area contributed by atoms with Gasteiger partial charge in [0, 0.05) is 37.4 Å². The lowest BCUT2D eigenvalue weighted by Crippen LogP contribution is -2.55. The summed E-state index contributed by atoms with van der Waals surface area (Å²) in [5.41, 5.74) is 3.30. The van der Waals surface area contributed by atoms with Crippen molar-refractivity contribution >= 4 is 17.6 Å². The highest BCUT2D eigenvalue weighted by molar-refractivity contribution is 5.88. The number of benzene rings is 2. The molecule has 0 radical (unpaired) electrons. The molecule has 0 saturated carbocycles. The third-order valence-electron chi connectivity index (χ3n) is 5.79. The largest absolute Gasteiger partial charge is 0.479 e. The van der Waals surface area contributed by atoms with E-state index in [-0.39, 0.29) is 5.91 Å². The molecule has 0 saturated heterocycles. The average Bonchev–Trinajstić information content (AvgIpc) is 3.23. The molecule has 1 amide bonds. The Hall–Kier alpha value is -2.82. The van der Waals surface area contributed by atoms with Crippen molar-refractivity contribution in [2.24, 2.45) is 0 Å². The Morgan fingerprint density at radius 1 is 1.07 bits per heavy atom. The van der Waals surface area contributed by atoms with Gasteiger partial charge >= 0.3 is 5.97 Å². The number of carboxylic acids is 1. The van der Waals surface area contributed by atoms with Gasteiger partial charge in [-0.15, -0.1) is 0 Å². The van der Waals surface area contributed by atoms with Crippen LogP contribution in [0.25, 0.3) is 0 Å². The maximum absolute atomic E-state index is 12.5. The van der Waals surface area contributed by atoms with Crippen molar-refractivity contribution in [1.82, 2.24) is 5.32 Å². The standard InChI is InChI=1S/C22H24N2O3/c25-20(11-5-8-17-14-23-19-10-4-3-9-18(17)19)24-22(21(26)27)12-15-6-1-2-7-16(15)13-22/h1-4,6-7,9-10,17,23H,5,8,11-14H2,(H,24,25)(H,26,27). The molecule has 2 aromatic carbocycles. The van der Waals surface area contributed by atoms with E-state index in [9.17, 15) is 14.7 Å². The quantitative estimate of drug-likeness (QED) is 0.736. The molecule has 5 heteroatoms. The second kappa shape index (κ2) is 7.06. The van der Waals surface area contributed by atoms with Gasteiger partial charge in [0.05, 0.1) is 0 Å². The van der Waals surface area contributed by atoms with Gasteiger partial charge in [-0.25, -0.2) is 4.79 Å². The number of fused-ring (bicyclic) bond motifs is 2. The summed E-state index contributed by atoms with van der Waals surface area (Å²) in [6.45, 7) is 0.898. The molecule has 2 aromatic rings. The van der Waals surface area contributed by atoms with Crippen LogP contribution in [0.2, 0.25) is 0 Å². The molecule has 1 aliphatic carbocycles. The van der Waals surface area contributed by atoms with Gasteiger partial charge in [-0.3, -0.25) is 4.79 Å². The Morgan fingerprint density at radius 3 is 2.44 bits per heavy atom. The van der Waals surface area contributed by atoms with E-state index in [0.717, 1.165) is 30.5 Å². The summed E-state index contributed by atoms with van der Waals surface area (Å²) in [7, 11) is 0. The summed E-state index contributed by atoms with van der Waals surface area (Å²) in [5.74, 6) is -0.719. The first-order valence-electron chi connectivity index (χ1n) is 9.51. The number of carboxylic acid groups (broad SMARTS) is 1. The van der Waals surface area contributed by atoms with E-state index in [1.54, 1.807) is 0 Å². The second-order valence-electron chi connectivity index (χ2n) is 7.62. The number of hydrogen-bond donors (Lipinski definition) is 3. The molecule has 0 spiro atoms. The van der Waals surface area contributed by atoms with Crippen LogP contribution in [-0.4, -0.2) is 29.1 Å². The Morgan fingerprint density at radius 2 is 1.74 bits per heavy atom. The van der Waals surface area contributed by atoms with Crippen LogP contribution in [0.1, 0.15) is 41.9 Å².